The molecule has 0 saturated heterocycles. The molecule has 0 atom stereocenters. The Morgan fingerprint density at radius 1 is 1.28 bits per heavy atom. The summed E-state index contributed by atoms with van der Waals surface area (Å²) in [6, 6.07) is 7.11. The highest BCUT2D eigenvalue weighted by atomic mass is 127. The lowest BCUT2D eigenvalue weighted by atomic mass is 10.3. The molecule has 1 aromatic heterocycles. The van der Waals surface area contributed by atoms with Gasteiger partial charge in [-0.2, -0.15) is 0 Å². The topological polar surface area (TPSA) is 75.1 Å². The number of hydrogen-bond donors (Lipinski definition) is 2. The molecule has 92 valence electrons. The van der Waals surface area contributed by atoms with Gasteiger partial charge in [0.15, 0.2) is 11.5 Å². The minimum absolute atomic E-state index is 0.130. The van der Waals surface area contributed by atoms with Crippen LogP contribution < -0.4 is 5.32 Å². The zero-order valence-electron chi connectivity index (χ0n) is 8.89. The molecule has 18 heavy (non-hydrogen) atoms. The number of carboxylic acid groups (broad SMARTS) is 1. The smallest absolute Gasteiger partial charge is 0.356 e. The molecule has 2 rings (SSSR count). The van der Waals surface area contributed by atoms with Crippen LogP contribution in [0, 0.1) is 9.39 Å². The van der Waals surface area contributed by atoms with Gasteiger partial charge in [-0.3, -0.25) is 0 Å². The second-order valence-electron chi connectivity index (χ2n) is 3.36. The van der Waals surface area contributed by atoms with Crippen molar-refractivity contribution >= 4 is 40.1 Å². The van der Waals surface area contributed by atoms with Gasteiger partial charge in [0, 0.05) is 3.57 Å². The number of hydrogen-bond acceptors (Lipinski definition) is 4. The van der Waals surface area contributed by atoms with Crippen molar-refractivity contribution in [3.8, 4) is 0 Å². The first-order valence-electron chi connectivity index (χ1n) is 4.85. The molecule has 0 amide bonds. The van der Waals surface area contributed by atoms with Crippen LogP contribution in [0.3, 0.4) is 0 Å². The zero-order chi connectivity index (χ0) is 13.1. The van der Waals surface area contributed by atoms with Crippen molar-refractivity contribution in [3.63, 3.8) is 0 Å². The predicted octanol–water partition coefficient (Wildman–Crippen LogP) is 2.66. The highest BCUT2D eigenvalue weighted by Crippen LogP contribution is 2.22. The van der Waals surface area contributed by atoms with Gasteiger partial charge in [0.2, 0.25) is 0 Å². The van der Waals surface area contributed by atoms with E-state index in [0.717, 1.165) is 0 Å². The van der Waals surface area contributed by atoms with E-state index in [1.54, 1.807) is 6.07 Å². The van der Waals surface area contributed by atoms with Crippen LogP contribution in [-0.4, -0.2) is 21.3 Å². The average Bonchev–Trinajstić information content (AvgIpc) is 2.33. The number of rotatable bonds is 3. The molecule has 0 fully saturated rings. The van der Waals surface area contributed by atoms with Crippen LogP contribution in [-0.2, 0) is 0 Å². The number of carboxylic acids is 1. The molecule has 0 radical (unpaired) electrons. The molecule has 5 nitrogen and oxygen atoms in total. The summed E-state index contributed by atoms with van der Waals surface area (Å²) in [7, 11) is 0. The lowest BCUT2D eigenvalue weighted by Gasteiger charge is -2.07. The number of nitrogens with zero attached hydrogens (tertiary/aromatic N) is 2. The van der Waals surface area contributed by atoms with Gasteiger partial charge in [0.05, 0.1) is 5.69 Å². The Morgan fingerprint density at radius 2 is 2.06 bits per heavy atom. The maximum absolute atomic E-state index is 12.9. The third-order valence-electron chi connectivity index (χ3n) is 2.08. The molecule has 0 saturated carbocycles. The Morgan fingerprint density at radius 3 is 2.61 bits per heavy atom. The first kappa shape index (κ1) is 12.7. The van der Waals surface area contributed by atoms with Gasteiger partial charge in [0.1, 0.15) is 5.82 Å². The molecule has 0 aliphatic carbocycles. The van der Waals surface area contributed by atoms with E-state index in [2.05, 4.69) is 15.5 Å². The second-order valence-corrected chi connectivity index (χ2v) is 4.52. The number of aromatic nitrogens is 2. The summed E-state index contributed by atoms with van der Waals surface area (Å²) in [4.78, 5) is 10.6. The number of halogens is 2. The number of nitrogens with one attached hydrogen (secondary N) is 1. The average molecular weight is 359 g/mol. The molecule has 1 heterocycles. The van der Waals surface area contributed by atoms with Crippen molar-refractivity contribution in [3.05, 3.63) is 45.4 Å². The molecule has 7 heteroatoms. The van der Waals surface area contributed by atoms with Crippen molar-refractivity contribution in [2.75, 3.05) is 5.32 Å². The normalized spacial score (nSPS) is 10.1. The van der Waals surface area contributed by atoms with Gasteiger partial charge in [-0.05, 0) is 52.9 Å². The Labute approximate surface area is 115 Å². The predicted molar refractivity (Wildman–Crippen MR) is 71.4 cm³/mol. The van der Waals surface area contributed by atoms with Gasteiger partial charge in [0.25, 0.3) is 0 Å². The summed E-state index contributed by atoms with van der Waals surface area (Å²) in [5.74, 6) is -1.06. The van der Waals surface area contributed by atoms with Crippen molar-refractivity contribution in [2.24, 2.45) is 0 Å². The fraction of sp³-hybridized carbons (Fsp3) is 0. The lowest BCUT2D eigenvalue weighted by Crippen LogP contribution is -2.04. The standard InChI is InChI=1S/C11H7FIN3O2/c12-6-1-2-8(7(13)5-6)14-10-4-3-9(11(17)18)15-16-10/h1-5H,(H,14,16)(H,17,18). The number of aromatic carboxylic acids is 1. The molecule has 0 aliphatic rings. The van der Waals surface area contributed by atoms with Gasteiger partial charge >= 0.3 is 5.97 Å². The molecule has 1 aromatic carbocycles. The van der Waals surface area contributed by atoms with Crippen molar-refractivity contribution < 1.29 is 14.3 Å². The largest absolute Gasteiger partial charge is 0.476 e. The Bertz CT molecular complexity index is 589. The fourth-order valence-corrected chi connectivity index (χ4v) is 1.85. The van der Waals surface area contributed by atoms with Gasteiger partial charge in [-0.1, -0.05) is 0 Å². The van der Waals surface area contributed by atoms with E-state index in [9.17, 15) is 9.18 Å². The Hall–Kier alpha value is -1.77. The van der Waals surface area contributed by atoms with E-state index in [1.165, 1.54) is 24.3 Å². The number of carbonyl (C=O) groups is 1. The Kier molecular flexibility index (Phi) is 3.70. The van der Waals surface area contributed by atoms with Crippen LogP contribution in [0.25, 0.3) is 0 Å². The van der Waals surface area contributed by atoms with Crippen LogP contribution in [0.2, 0.25) is 0 Å². The quantitative estimate of drug-likeness (QED) is 0.825. The maximum atomic E-state index is 12.9. The van der Waals surface area contributed by atoms with E-state index in [0.29, 0.717) is 15.1 Å². The van der Waals surface area contributed by atoms with E-state index in [4.69, 9.17) is 5.11 Å². The summed E-state index contributed by atoms with van der Waals surface area (Å²) in [6.07, 6.45) is 0. The maximum Gasteiger partial charge on any atom is 0.356 e. The molecule has 0 unspecified atom stereocenters. The summed E-state index contributed by atoms with van der Waals surface area (Å²) < 4.78 is 13.6. The monoisotopic (exact) mass is 359 g/mol. The van der Waals surface area contributed by atoms with Crippen LogP contribution >= 0.6 is 22.6 Å². The first-order valence-corrected chi connectivity index (χ1v) is 5.93. The molecule has 0 bridgehead atoms. The second kappa shape index (κ2) is 5.25. The molecule has 2 aromatic rings. The van der Waals surface area contributed by atoms with Crippen LogP contribution in [0.1, 0.15) is 10.5 Å². The molecular weight excluding hydrogens is 352 g/mol. The highest BCUT2D eigenvalue weighted by molar-refractivity contribution is 14.1. The molecule has 0 aliphatic heterocycles. The summed E-state index contributed by atoms with van der Waals surface area (Å²) in [5.41, 5.74) is 0.545. The lowest BCUT2D eigenvalue weighted by molar-refractivity contribution is 0.0689. The van der Waals surface area contributed by atoms with E-state index in [1.807, 2.05) is 22.6 Å². The number of benzene rings is 1. The van der Waals surface area contributed by atoms with Crippen LogP contribution in [0.5, 0.6) is 0 Å². The molecule has 0 spiro atoms. The van der Waals surface area contributed by atoms with E-state index >= 15 is 0 Å². The van der Waals surface area contributed by atoms with Crippen molar-refractivity contribution in [1.29, 1.82) is 0 Å². The summed E-state index contributed by atoms with van der Waals surface area (Å²) >= 11 is 1.99. The summed E-state index contributed by atoms with van der Waals surface area (Å²) in [5, 5.41) is 18.9. The molecule has 2 N–H and O–H groups in total. The van der Waals surface area contributed by atoms with Crippen LogP contribution in [0.15, 0.2) is 30.3 Å². The van der Waals surface area contributed by atoms with Crippen molar-refractivity contribution in [1.82, 2.24) is 10.2 Å². The first-order chi connectivity index (χ1) is 8.56. The van der Waals surface area contributed by atoms with Crippen molar-refractivity contribution in [2.45, 2.75) is 0 Å². The third-order valence-corrected chi connectivity index (χ3v) is 2.97. The Balaban J connectivity index is 2.21. The van der Waals surface area contributed by atoms with E-state index in [-0.39, 0.29) is 11.5 Å². The van der Waals surface area contributed by atoms with Gasteiger partial charge < -0.3 is 10.4 Å². The van der Waals surface area contributed by atoms with E-state index < -0.39 is 5.97 Å². The van der Waals surface area contributed by atoms with Gasteiger partial charge in [-0.15, -0.1) is 10.2 Å². The highest BCUT2D eigenvalue weighted by Gasteiger charge is 2.06. The third kappa shape index (κ3) is 2.92. The number of anilines is 2. The molecular formula is C11H7FIN3O2. The zero-order valence-corrected chi connectivity index (χ0v) is 11.1. The SMILES string of the molecule is O=C(O)c1ccc(Nc2ccc(F)cc2I)nn1. The fourth-order valence-electron chi connectivity index (χ4n) is 1.24. The minimum atomic E-state index is -1.13. The van der Waals surface area contributed by atoms with Crippen LogP contribution in [0.4, 0.5) is 15.9 Å². The summed E-state index contributed by atoms with van der Waals surface area (Å²) in [6.45, 7) is 0. The minimum Gasteiger partial charge on any atom is -0.476 e. The van der Waals surface area contributed by atoms with Gasteiger partial charge in [-0.25, -0.2) is 9.18 Å².